The molecule has 0 aliphatic heterocycles. The van der Waals surface area contributed by atoms with Crippen LogP contribution in [0.15, 0.2) is 24.3 Å². The summed E-state index contributed by atoms with van der Waals surface area (Å²) in [4.78, 5) is 10.9. The Balaban J connectivity index is 2.94. The monoisotopic (exact) mass is 273 g/mol. The molecule has 0 spiro atoms. The molecule has 1 aromatic carbocycles. The van der Waals surface area contributed by atoms with Gasteiger partial charge in [-0.25, -0.2) is 0 Å². The summed E-state index contributed by atoms with van der Waals surface area (Å²) in [5.41, 5.74) is 5.88. The first kappa shape index (κ1) is 12.2. The van der Waals surface area contributed by atoms with Crippen molar-refractivity contribution in [3.63, 3.8) is 0 Å². The molecule has 1 amide bonds. The Morgan fingerprint density at radius 2 is 2.13 bits per heavy atom. The number of hydrogen-bond donors (Lipinski definition) is 3. The van der Waals surface area contributed by atoms with E-state index in [-0.39, 0.29) is 5.33 Å². The zero-order valence-electron chi connectivity index (χ0n) is 7.93. The molecular formula is C10H12BrNO3. The molecular weight excluding hydrogens is 262 g/mol. The second-order valence-electron chi connectivity index (χ2n) is 3.16. The van der Waals surface area contributed by atoms with Crippen molar-refractivity contribution in [2.24, 2.45) is 5.73 Å². The summed E-state index contributed by atoms with van der Waals surface area (Å²) in [6.45, 7) is 0. The van der Waals surface area contributed by atoms with Crippen LogP contribution in [0.4, 0.5) is 0 Å². The number of amides is 1. The Morgan fingerprint density at radius 1 is 1.47 bits per heavy atom. The van der Waals surface area contributed by atoms with E-state index in [9.17, 15) is 15.0 Å². The van der Waals surface area contributed by atoms with Crippen molar-refractivity contribution >= 4 is 21.8 Å². The molecule has 0 saturated carbocycles. The number of nitrogens with two attached hydrogens (primary N) is 1. The highest BCUT2D eigenvalue weighted by atomic mass is 79.9. The van der Waals surface area contributed by atoms with E-state index in [4.69, 9.17) is 5.73 Å². The number of hydrogen-bond acceptors (Lipinski definition) is 3. The number of alkyl halides is 1. The van der Waals surface area contributed by atoms with Gasteiger partial charge in [0.25, 0.3) is 0 Å². The number of aliphatic hydroxyl groups excluding tert-OH is 2. The summed E-state index contributed by atoms with van der Waals surface area (Å²) in [6, 6.07) is 6.26. The lowest BCUT2D eigenvalue weighted by Crippen LogP contribution is -2.20. The molecule has 15 heavy (non-hydrogen) atoms. The van der Waals surface area contributed by atoms with Crippen molar-refractivity contribution in [3.05, 3.63) is 35.4 Å². The third-order valence-electron chi connectivity index (χ3n) is 2.04. The maximum absolute atomic E-state index is 10.9. The molecule has 0 aromatic heterocycles. The first-order valence-electron chi connectivity index (χ1n) is 4.38. The van der Waals surface area contributed by atoms with Gasteiger partial charge in [-0.05, 0) is 17.7 Å². The van der Waals surface area contributed by atoms with Crippen molar-refractivity contribution in [3.8, 4) is 0 Å². The first-order valence-corrected chi connectivity index (χ1v) is 5.50. The highest BCUT2D eigenvalue weighted by molar-refractivity contribution is 9.09. The lowest BCUT2D eigenvalue weighted by atomic mass is 10.0. The normalized spacial score (nSPS) is 14.6. The molecule has 0 fully saturated rings. The Labute approximate surface area is 95.8 Å². The minimum absolute atomic E-state index is 0.259. The molecule has 4 nitrogen and oxygen atoms in total. The fraction of sp³-hybridized carbons (Fsp3) is 0.300. The number of benzene rings is 1. The highest BCUT2D eigenvalue weighted by Gasteiger charge is 2.17. The fourth-order valence-electron chi connectivity index (χ4n) is 1.18. The van der Waals surface area contributed by atoms with Gasteiger partial charge in [-0.3, -0.25) is 4.79 Å². The van der Waals surface area contributed by atoms with Crippen LogP contribution >= 0.6 is 15.9 Å². The summed E-state index contributed by atoms with van der Waals surface area (Å²) >= 11 is 3.06. The smallest absolute Gasteiger partial charge is 0.248 e. The van der Waals surface area contributed by atoms with Crippen molar-refractivity contribution in [2.45, 2.75) is 12.2 Å². The summed E-state index contributed by atoms with van der Waals surface area (Å²) in [5, 5.41) is 19.3. The van der Waals surface area contributed by atoms with E-state index in [1.54, 1.807) is 18.2 Å². The van der Waals surface area contributed by atoms with Gasteiger partial charge in [0.15, 0.2) is 0 Å². The van der Waals surface area contributed by atoms with Crippen LogP contribution in [0, 0.1) is 0 Å². The van der Waals surface area contributed by atoms with Gasteiger partial charge in [-0.1, -0.05) is 28.1 Å². The van der Waals surface area contributed by atoms with Crippen LogP contribution in [0.25, 0.3) is 0 Å². The first-order chi connectivity index (χ1) is 7.06. The lowest BCUT2D eigenvalue weighted by molar-refractivity contribution is 0.0342. The van der Waals surface area contributed by atoms with Gasteiger partial charge in [-0.15, -0.1) is 0 Å². The van der Waals surface area contributed by atoms with Crippen LogP contribution in [-0.2, 0) is 0 Å². The fourth-order valence-corrected chi connectivity index (χ4v) is 1.54. The minimum atomic E-state index is -1.02. The standard InChI is InChI=1S/C10H12BrNO3/c11-5-8(13)9(14)6-2-1-3-7(4-6)10(12)15/h1-4,8-9,13-14H,5H2,(H2,12,15). The van der Waals surface area contributed by atoms with Crippen LogP contribution in [0.2, 0.25) is 0 Å². The van der Waals surface area contributed by atoms with E-state index in [2.05, 4.69) is 15.9 Å². The number of halogens is 1. The molecule has 1 aromatic rings. The van der Waals surface area contributed by atoms with E-state index in [0.29, 0.717) is 11.1 Å². The predicted octanol–water partition coefficient (Wildman–Crippen LogP) is 0.575. The Hall–Kier alpha value is -0.910. The molecule has 2 atom stereocenters. The number of primary amides is 1. The van der Waals surface area contributed by atoms with Crippen molar-refractivity contribution < 1.29 is 15.0 Å². The minimum Gasteiger partial charge on any atom is -0.389 e. The second kappa shape index (κ2) is 5.25. The predicted molar refractivity (Wildman–Crippen MR) is 59.7 cm³/mol. The van der Waals surface area contributed by atoms with Crippen LogP contribution in [0.3, 0.4) is 0 Å². The lowest BCUT2D eigenvalue weighted by Gasteiger charge is -2.16. The Bertz CT molecular complexity index is 356. The topological polar surface area (TPSA) is 83.6 Å². The molecule has 0 aliphatic rings. The molecule has 1 rings (SSSR count). The number of aliphatic hydroxyl groups is 2. The van der Waals surface area contributed by atoms with Gasteiger partial charge >= 0.3 is 0 Å². The van der Waals surface area contributed by atoms with Crippen LogP contribution in [0.1, 0.15) is 22.0 Å². The zero-order chi connectivity index (χ0) is 11.4. The van der Waals surface area contributed by atoms with Crippen LogP contribution in [-0.4, -0.2) is 27.6 Å². The Morgan fingerprint density at radius 3 is 2.67 bits per heavy atom. The summed E-state index contributed by atoms with van der Waals surface area (Å²) in [5.74, 6) is -0.558. The molecule has 4 N–H and O–H groups in total. The number of carbonyl (C=O) groups is 1. The molecule has 0 radical (unpaired) electrons. The molecule has 82 valence electrons. The van der Waals surface area contributed by atoms with E-state index in [0.717, 1.165) is 0 Å². The average molecular weight is 274 g/mol. The SMILES string of the molecule is NC(=O)c1cccc(C(O)C(O)CBr)c1. The van der Waals surface area contributed by atoms with Crippen LogP contribution < -0.4 is 5.73 Å². The van der Waals surface area contributed by atoms with Crippen LogP contribution in [0.5, 0.6) is 0 Å². The quantitative estimate of drug-likeness (QED) is 0.702. The van der Waals surface area contributed by atoms with Gasteiger partial charge in [0.05, 0.1) is 6.10 Å². The van der Waals surface area contributed by atoms with Gasteiger partial charge in [0.2, 0.25) is 5.91 Å². The van der Waals surface area contributed by atoms with Gasteiger partial charge in [0, 0.05) is 10.9 Å². The number of carbonyl (C=O) groups excluding carboxylic acids is 1. The van der Waals surface area contributed by atoms with E-state index >= 15 is 0 Å². The molecule has 0 heterocycles. The molecule has 0 bridgehead atoms. The maximum atomic E-state index is 10.9. The van der Waals surface area contributed by atoms with Crippen molar-refractivity contribution in [1.82, 2.24) is 0 Å². The Kier molecular flexibility index (Phi) is 4.26. The average Bonchev–Trinajstić information content (AvgIpc) is 2.27. The van der Waals surface area contributed by atoms with Gasteiger partial charge in [-0.2, -0.15) is 0 Å². The third-order valence-corrected chi connectivity index (χ3v) is 2.70. The summed E-state index contributed by atoms with van der Waals surface area (Å²) < 4.78 is 0. The molecule has 5 heteroatoms. The third kappa shape index (κ3) is 3.02. The largest absolute Gasteiger partial charge is 0.389 e. The molecule has 0 saturated heterocycles. The van der Waals surface area contributed by atoms with Crippen molar-refractivity contribution in [1.29, 1.82) is 0 Å². The molecule has 0 aliphatic carbocycles. The van der Waals surface area contributed by atoms with Gasteiger partial charge < -0.3 is 15.9 Å². The number of rotatable bonds is 4. The highest BCUT2D eigenvalue weighted by Crippen LogP contribution is 2.19. The van der Waals surface area contributed by atoms with Crippen molar-refractivity contribution in [2.75, 3.05) is 5.33 Å². The summed E-state index contributed by atoms with van der Waals surface area (Å²) in [7, 11) is 0. The van der Waals surface area contributed by atoms with E-state index in [1.807, 2.05) is 0 Å². The van der Waals surface area contributed by atoms with Gasteiger partial charge in [0.1, 0.15) is 6.10 Å². The second-order valence-corrected chi connectivity index (χ2v) is 3.80. The summed E-state index contributed by atoms with van der Waals surface area (Å²) in [6.07, 6.45) is -1.93. The maximum Gasteiger partial charge on any atom is 0.248 e. The van der Waals surface area contributed by atoms with E-state index in [1.165, 1.54) is 6.07 Å². The van der Waals surface area contributed by atoms with E-state index < -0.39 is 18.1 Å². The molecule has 2 unspecified atom stereocenters. The zero-order valence-corrected chi connectivity index (χ0v) is 9.52.